The molecule has 2 aliphatic rings. The van der Waals surface area contributed by atoms with Gasteiger partial charge in [-0.2, -0.15) is 0 Å². The van der Waals surface area contributed by atoms with Crippen LogP contribution < -0.4 is 5.56 Å². The van der Waals surface area contributed by atoms with Gasteiger partial charge in [0.1, 0.15) is 17.4 Å². The number of hydrogen-bond donors (Lipinski definition) is 1. The van der Waals surface area contributed by atoms with Gasteiger partial charge in [-0.05, 0) is 37.7 Å². The van der Waals surface area contributed by atoms with Crippen LogP contribution in [0.4, 0.5) is 0 Å². The Bertz CT molecular complexity index is 901. The molecule has 0 saturated carbocycles. The first-order valence-electron chi connectivity index (χ1n) is 8.08. The highest BCUT2D eigenvalue weighted by Crippen LogP contribution is 2.34. The van der Waals surface area contributed by atoms with Gasteiger partial charge in [-0.1, -0.05) is 0 Å². The average Bonchev–Trinajstić information content (AvgIpc) is 3.23. The van der Waals surface area contributed by atoms with Crippen LogP contribution in [0.3, 0.4) is 0 Å². The lowest BCUT2D eigenvalue weighted by atomic mass is 10.2. The Kier molecular flexibility index (Phi) is 3.64. The summed E-state index contributed by atoms with van der Waals surface area (Å²) in [7, 11) is 0. The van der Waals surface area contributed by atoms with Crippen LogP contribution in [0, 0.1) is 0 Å². The lowest BCUT2D eigenvalue weighted by Crippen LogP contribution is -2.43. The van der Waals surface area contributed by atoms with Gasteiger partial charge < -0.3 is 10.0 Å². The van der Waals surface area contributed by atoms with Gasteiger partial charge in [0.15, 0.2) is 0 Å². The highest BCUT2D eigenvalue weighted by Gasteiger charge is 2.34. The number of aryl methyl sites for hydroxylation is 2. The quantitative estimate of drug-likeness (QED) is 0.895. The maximum atomic E-state index is 12.8. The first-order chi connectivity index (χ1) is 11.6. The SMILES string of the molecule is O=C(O)C1CCCN1C(=O)Cn1cnc2sc3c(c2c1=O)CCC3. The van der Waals surface area contributed by atoms with Crippen molar-refractivity contribution in [3.63, 3.8) is 0 Å². The summed E-state index contributed by atoms with van der Waals surface area (Å²) in [6, 6.07) is -0.782. The minimum Gasteiger partial charge on any atom is -0.480 e. The van der Waals surface area contributed by atoms with Crippen LogP contribution in [0.2, 0.25) is 0 Å². The number of fused-ring (bicyclic) bond motifs is 3. The number of aromatic nitrogens is 2. The maximum Gasteiger partial charge on any atom is 0.326 e. The second-order valence-corrected chi connectivity index (χ2v) is 7.38. The Morgan fingerprint density at radius 2 is 2.17 bits per heavy atom. The van der Waals surface area contributed by atoms with Crippen molar-refractivity contribution in [3.8, 4) is 0 Å². The van der Waals surface area contributed by atoms with E-state index < -0.39 is 12.0 Å². The number of carbonyl (C=O) groups is 2. The second kappa shape index (κ2) is 5.70. The van der Waals surface area contributed by atoms with Crippen LogP contribution in [0.5, 0.6) is 0 Å². The lowest BCUT2D eigenvalue weighted by molar-refractivity contribution is -0.148. The zero-order chi connectivity index (χ0) is 16.8. The van der Waals surface area contributed by atoms with Crippen LogP contribution in [0.25, 0.3) is 10.2 Å². The van der Waals surface area contributed by atoms with Crippen molar-refractivity contribution in [1.29, 1.82) is 0 Å². The predicted molar refractivity (Wildman–Crippen MR) is 88.3 cm³/mol. The van der Waals surface area contributed by atoms with Crippen molar-refractivity contribution in [1.82, 2.24) is 14.5 Å². The van der Waals surface area contributed by atoms with E-state index in [1.54, 1.807) is 11.3 Å². The van der Waals surface area contributed by atoms with Gasteiger partial charge in [-0.25, -0.2) is 9.78 Å². The molecule has 1 N–H and O–H groups in total. The van der Waals surface area contributed by atoms with Crippen LogP contribution >= 0.6 is 11.3 Å². The smallest absolute Gasteiger partial charge is 0.326 e. The topological polar surface area (TPSA) is 92.5 Å². The Hall–Kier alpha value is -2.22. The summed E-state index contributed by atoms with van der Waals surface area (Å²) in [6.07, 6.45) is 5.47. The molecule has 0 bridgehead atoms. The van der Waals surface area contributed by atoms with Gasteiger partial charge in [0.25, 0.3) is 5.56 Å². The molecule has 1 aliphatic carbocycles. The number of rotatable bonds is 3. The third-order valence-electron chi connectivity index (χ3n) is 4.86. The van der Waals surface area contributed by atoms with Crippen LogP contribution in [0.15, 0.2) is 11.1 Å². The number of amides is 1. The number of hydrogen-bond acceptors (Lipinski definition) is 5. The van der Waals surface area contributed by atoms with Crippen LogP contribution in [-0.4, -0.2) is 44.0 Å². The fourth-order valence-electron chi connectivity index (χ4n) is 3.69. The third-order valence-corrected chi connectivity index (χ3v) is 6.06. The minimum atomic E-state index is -0.988. The van der Waals surface area contributed by atoms with E-state index in [0.29, 0.717) is 24.8 Å². The molecular formula is C16H17N3O4S. The molecule has 2 aromatic rings. The van der Waals surface area contributed by atoms with Gasteiger partial charge in [-0.3, -0.25) is 14.2 Å². The lowest BCUT2D eigenvalue weighted by Gasteiger charge is -2.21. The summed E-state index contributed by atoms with van der Waals surface area (Å²) in [6.45, 7) is 0.268. The average molecular weight is 347 g/mol. The Balaban J connectivity index is 1.65. The van der Waals surface area contributed by atoms with Crippen LogP contribution in [0.1, 0.15) is 29.7 Å². The second-order valence-electron chi connectivity index (χ2n) is 6.30. The summed E-state index contributed by atoms with van der Waals surface area (Å²) in [5.74, 6) is -1.33. The Morgan fingerprint density at radius 3 is 2.96 bits per heavy atom. The molecule has 1 saturated heterocycles. The number of carboxylic acids is 1. The first kappa shape index (κ1) is 15.3. The minimum absolute atomic E-state index is 0.157. The number of thiophene rings is 1. The van der Waals surface area contributed by atoms with Crippen molar-refractivity contribution in [2.24, 2.45) is 0 Å². The van der Waals surface area contributed by atoms with E-state index in [0.717, 1.165) is 29.7 Å². The molecule has 8 heteroatoms. The molecule has 1 amide bonds. The molecule has 3 heterocycles. The number of likely N-dealkylation sites (tertiary alicyclic amines) is 1. The molecule has 0 aromatic carbocycles. The third kappa shape index (κ3) is 2.32. The van der Waals surface area contributed by atoms with Crippen molar-refractivity contribution in [2.75, 3.05) is 6.54 Å². The van der Waals surface area contributed by atoms with Gasteiger partial charge >= 0.3 is 5.97 Å². The molecule has 1 aliphatic heterocycles. The molecule has 7 nitrogen and oxygen atoms in total. The molecule has 1 atom stereocenters. The molecule has 1 unspecified atom stereocenters. The number of nitrogens with zero attached hydrogens (tertiary/aromatic N) is 3. The number of aliphatic carboxylic acids is 1. The normalized spacial score (nSPS) is 19.8. The molecule has 0 radical (unpaired) electrons. The molecule has 4 rings (SSSR count). The molecular weight excluding hydrogens is 330 g/mol. The van der Waals surface area contributed by atoms with E-state index in [1.165, 1.54) is 20.7 Å². The molecule has 126 valence electrons. The van der Waals surface area contributed by atoms with E-state index in [-0.39, 0.29) is 18.0 Å². The van der Waals surface area contributed by atoms with Crippen LogP contribution in [-0.2, 0) is 29.0 Å². The molecule has 0 spiro atoms. The summed E-state index contributed by atoms with van der Waals surface area (Å²) >= 11 is 1.56. The van der Waals surface area contributed by atoms with Gasteiger partial charge in [0.05, 0.1) is 11.7 Å². The number of carboxylic acid groups (broad SMARTS) is 1. The summed E-state index contributed by atoms with van der Waals surface area (Å²) in [4.78, 5) is 44.1. The van der Waals surface area contributed by atoms with E-state index >= 15 is 0 Å². The predicted octanol–water partition coefficient (Wildman–Crippen LogP) is 1.02. The first-order valence-corrected chi connectivity index (χ1v) is 8.90. The monoisotopic (exact) mass is 347 g/mol. The highest BCUT2D eigenvalue weighted by molar-refractivity contribution is 7.18. The van der Waals surface area contributed by atoms with Gasteiger partial charge in [0.2, 0.25) is 5.91 Å². The summed E-state index contributed by atoms with van der Waals surface area (Å²) in [5.41, 5.74) is 0.887. The van der Waals surface area contributed by atoms with Gasteiger partial charge in [0, 0.05) is 11.4 Å². The van der Waals surface area contributed by atoms with Crippen molar-refractivity contribution in [2.45, 2.75) is 44.7 Å². The zero-order valence-corrected chi connectivity index (χ0v) is 13.8. The van der Waals surface area contributed by atoms with Crippen molar-refractivity contribution >= 4 is 33.4 Å². The highest BCUT2D eigenvalue weighted by atomic mass is 32.1. The zero-order valence-electron chi connectivity index (χ0n) is 13.0. The van der Waals surface area contributed by atoms with E-state index in [9.17, 15) is 19.5 Å². The number of carbonyl (C=O) groups excluding carboxylic acids is 1. The summed E-state index contributed by atoms with van der Waals surface area (Å²) < 4.78 is 1.31. The fourth-order valence-corrected chi connectivity index (χ4v) is 4.91. The van der Waals surface area contributed by atoms with E-state index in [4.69, 9.17) is 0 Å². The van der Waals surface area contributed by atoms with Crippen molar-refractivity contribution in [3.05, 3.63) is 27.1 Å². The largest absolute Gasteiger partial charge is 0.480 e. The standard InChI is InChI=1S/C16H17N3O4S/c20-12(19-6-2-4-10(19)16(22)23)7-18-8-17-14-13(15(18)21)9-3-1-5-11(9)24-14/h8,10H,1-7H2,(H,22,23). The van der Waals surface area contributed by atoms with Crippen molar-refractivity contribution < 1.29 is 14.7 Å². The molecule has 1 fully saturated rings. The van der Waals surface area contributed by atoms with E-state index in [2.05, 4.69) is 4.98 Å². The maximum absolute atomic E-state index is 12.8. The van der Waals surface area contributed by atoms with Gasteiger partial charge in [-0.15, -0.1) is 11.3 Å². The van der Waals surface area contributed by atoms with E-state index in [1.807, 2.05) is 0 Å². The fraction of sp³-hybridized carbons (Fsp3) is 0.500. The Labute approximate surface area is 141 Å². The molecule has 24 heavy (non-hydrogen) atoms. The molecule has 2 aromatic heterocycles. The summed E-state index contributed by atoms with van der Waals surface area (Å²) in [5, 5.41) is 9.84. The Morgan fingerprint density at radius 1 is 1.33 bits per heavy atom.